The summed E-state index contributed by atoms with van der Waals surface area (Å²) in [6, 6.07) is 29.6. The van der Waals surface area contributed by atoms with Crippen LogP contribution in [-0.4, -0.2) is 48.3 Å². The number of ether oxygens (including phenoxy) is 4. The Kier molecular flexibility index (Phi) is 9.26. The Morgan fingerprint density at radius 3 is 1.43 bits per heavy atom. The second kappa shape index (κ2) is 13.6. The minimum atomic E-state index is 0.588. The van der Waals surface area contributed by atoms with E-state index in [2.05, 4.69) is 9.88 Å². The van der Waals surface area contributed by atoms with E-state index in [4.69, 9.17) is 28.9 Å². The Morgan fingerprint density at radius 2 is 0.976 bits per heavy atom. The molecule has 2 aromatic carbocycles. The average Bonchev–Trinajstić information content (AvgIpc) is 3.04. The Hall–Kier alpha value is -4.95. The van der Waals surface area contributed by atoms with Crippen LogP contribution in [0.1, 0.15) is 17.1 Å². The number of rotatable bonds is 12. The zero-order chi connectivity index (χ0) is 29.3. The monoisotopic (exact) mass is 562 g/mol. The van der Waals surface area contributed by atoms with Gasteiger partial charge in [-0.2, -0.15) is 0 Å². The van der Waals surface area contributed by atoms with Crippen molar-refractivity contribution in [1.29, 1.82) is 0 Å². The molecule has 42 heavy (non-hydrogen) atoms. The molecule has 8 heteroatoms. The number of hydrogen-bond acceptors (Lipinski definition) is 8. The number of benzene rings is 2. The zero-order valence-corrected chi connectivity index (χ0v) is 24.3. The van der Waals surface area contributed by atoms with Gasteiger partial charge in [0, 0.05) is 37.0 Å². The number of para-hydroxylation sites is 2. The van der Waals surface area contributed by atoms with Crippen LogP contribution >= 0.6 is 0 Å². The fourth-order valence-electron chi connectivity index (χ4n) is 4.96. The summed E-state index contributed by atoms with van der Waals surface area (Å²) >= 11 is 0. The molecule has 5 aromatic rings. The van der Waals surface area contributed by atoms with Crippen LogP contribution in [0.5, 0.6) is 23.0 Å². The first-order chi connectivity index (χ1) is 20.6. The highest BCUT2D eigenvalue weighted by atomic mass is 16.5. The lowest BCUT2D eigenvalue weighted by atomic mass is 10.1. The van der Waals surface area contributed by atoms with Gasteiger partial charge in [-0.1, -0.05) is 30.3 Å². The summed E-state index contributed by atoms with van der Waals surface area (Å²) in [6.45, 7) is 1.81. The summed E-state index contributed by atoms with van der Waals surface area (Å²) < 4.78 is 22.4. The first-order valence-corrected chi connectivity index (χ1v) is 13.6. The van der Waals surface area contributed by atoms with Crippen LogP contribution in [0.3, 0.4) is 0 Å². The molecule has 8 nitrogen and oxygen atoms in total. The summed E-state index contributed by atoms with van der Waals surface area (Å²) in [7, 11) is 6.55. The van der Waals surface area contributed by atoms with Crippen LogP contribution < -0.4 is 18.9 Å². The Labute approximate surface area is 246 Å². The molecule has 0 spiro atoms. The van der Waals surface area contributed by atoms with Gasteiger partial charge in [0.1, 0.15) is 0 Å². The topological polar surface area (TPSA) is 78.8 Å². The van der Waals surface area contributed by atoms with E-state index in [1.54, 1.807) is 28.4 Å². The standard InChI is InChI=1S/C34H34N4O4/c1-39-31-18-9-14-27(33(31)41-3)29-16-7-12-25(36-29)22-38(21-24-11-5-6-20-35-24)23-26-13-8-17-30(37-26)28-15-10-19-32(40-2)34(28)42-4/h5-20H,21-23H2,1-4H3. The predicted molar refractivity (Wildman–Crippen MR) is 163 cm³/mol. The molecule has 3 aromatic heterocycles. The summed E-state index contributed by atoms with van der Waals surface area (Å²) in [5, 5.41) is 0. The Morgan fingerprint density at radius 1 is 0.500 bits per heavy atom. The summed E-state index contributed by atoms with van der Waals surface area (Å²) in [5.41, 5.74) is 6.16. The fourth-order valence-corrected chi connectivity index (χ4v) is 4.96. The number of aromatic nitrogens is 3. The number of pyridine rings is 3. The largest absolute Gasteiger partial charge is 0.493 e. The molecule has 0 aliphatic rings. The molecular formula is C34H34N4O4. The van der Waals surface area contributed by atoms with Gasteiger partial charge in [0.05, 0.1) is 56.9 Å². The van der Waals surface area contributed by atoms with Crippen LogP contribution in [0.25, 0.3) is 22.5 Å². The van der Waals surface area contributed by atoms with Crippen molar-refractivity contribution in [3.05, 3.63) is 114 Å². The molecular weight excluding hydrogens is 528 g/mol. The van der Waals surface area contributed by atoms with E-state index >= 15 is 0 Å². The quantitative estimate of drug-likeness (QED) is 0.172. The number of nitrogens with zero attached hydrogens (tertiary/aromatic N) is 4. The maximum atomic E-state index is 5.67. The highest BCUT2D eigenvalue weighted by Gasteiger charge is 2.17. The summed E-state index contributed by atoms with van der Waals surface area (Å²) in [5.74, 6) is 2.64. The van der Waals surface area contributed by atoms with E-state index in [0.717, 1.165) is 39.6 Å². The third-order valence-electron chi connectivity index (χ3n) is 6.85. The van der Waals surface area contributed by atoms with Gasteiger partial charge in [-0.25, -0.2) is 0 Å². The second-order valence-corrected chi connectivity index (χ2v) is 9.58. The van der Waals surface area contributed by atoms with Gasteiger partial charge in [0.25, 0.3) is 0 Å². The van der Waals surface area contributed by atoms with Gasteiger partial charge in [0.15, 0.2) is 23.0 Å². The molecule has 0 saturated carbocycles. The van der Waals surface area contributed by atoms with Crippen molar-refractivity contribution < 1.29 is 18.9 Å². The predicted octanol–water partition coefficient (Wildman–Crippen LogP) is 6.44. The molecule has 0 aliphatic heterocycles. The SMILES string of the molecule is COc1cccc(-c2cccc(CN(Cc3ccccn3)Cc3cccc(-c4cccc(OC)c4OC)n3)n2)c1OC. The third-order valence-corrected chi connectivity index (χ3v) is 6.85. The lowest BCUT2D eigenvalue weighted by Crippen LogP contribution is -2.24. The summed E-state index contributed by atoms with van der Waals surface area (Å²) in [4.78, 5) is 16.9. The van der Waals surface area contributed by atoms with E-state index in [1.807, 2.05) is 97.2 Å². The molecule has 0 N–H and O–H groups in total. The Balaban J connectivity index is 1.46. The normalized spacial score (nSPS) is 10.9. The van der Waals surface area contributed by atoms with Gasteiger partial charge in [-0.3, -0.25) is 19.9 Å². The van der Waals surface area contributed by atoms with Crippen molar-refractivity contribution in [2.24, 2.45) is 0 Å². The smallest absolute Gasteiger partial charge is 0.170 e. The van der Waals surface area contributed by atoms with Crippen LogP contribution in [0, 0.1) is 0 Å². The molecule has 0 aliphatic carbocycles. The van der Waals surface area contributed by atoms with Gasteiger partial charge >= 0.3 is 0 Å². The highest BCUT2D eigenvalue weighted by Crippen LogP contribution is 2.38. The maximum Gasteiger partial charge on any atom is 0.170 e. The molecule has 0 amide bonds. The van der Waals surface area contributed by atoms with Crippen molar-refractivity contribution in [3.63, 3.8) is 0 Å². The highest BCUT2D eigenvalue weighted by molar-refractivity contribution is 5.72. The minimum absolute atomic E-state index is 0.588. The molecule has 0 atom stereocenters. The maximum absolute atomic E-state index is 5.67. The molecule has 214 valence electrons. The van der Waals surface area contributed by atoms with Gasteiger partial charge in [0.2, 0.25) is 0 Å². The van der Waals surface area contributed by atoms with E-state index in [-0.39, 0.29) is 0 Å². The molecule has 3 heterocycles. The van der Waals surface area contributed by atoms with Gasteiger partial charge < -0.3 is 18.9 Å². The second-order valence-electron chi connectivity index (χ2n) is 9.58. The summed E-state index contributed by atoms with van der Waals surface area (Å²) in [6.07, 6.45) is 1.81. The van der Waals surface area contributed by atoms with Crippen LogP contribution in [0.15, 0.2) is 97.2 Å². The number of hydrogen-bond donors (Lipinski definition) is 0. The first-order valence-electron chi connectivity index (χ1n) is 13.6. The molecule has 0 bridgehead atoms. The van der Waals surface area contributed by atoms with E-state index in [9.17, 15) is 0 Å². The van der Waals surface area contributed by atoms with E-state index in [0.29, 0.717) is 42.6 Å². The fraction of sp³-hybridized carbons (Fsp3) is 0.206. The van der Waals surface area contributed by atoms with Crippen molar-refractivity contribution in [3.8, 4) is 45.5 Å². The minimum Gasteiger partial charge on any atom is -0.493 e. The van der Waals surface area contributed by atoms with Crippen molar-refractivity contribution in [1.82, 2.24) is 19.9 Å². The zero-order valence-electron chi connectivity index (χ0n) is 24.3. The van der Waals surface area contributed by atoms with E-state index in [1.165, 1.54) is 0 Å². The number of methoxy groups -OCH3 is 4. The first kappa shape index (κ1) is 28.6. The average molecular weight is 563 g/mol. The molecule has 5 rings (SSSR count). The van der Waals surface area contributed by atoms with Crippen molar-refractivity contribution in [2.45, 2.75) is 19.6 Å². The van der Waals surface area contributed by atoms with Gasteiger partial charge in [-0.15, -0.1) is 0 Å². The lowest BCUT2D eigenvalue weighted by Gasteiger charge is -2.22. The Bertz CT molecular complexity index is 1530. The van der Waals surface area contributed by atoms with Crippen molar-refractivity contribution >= 4 is 0 Å². The van der Waals surface area contributed by atoms with Crippen LogP contribution in [0.2, 0.25) is 0 Å². The van der Waals surface area contributed by atoms with Gasteiger partial charge in [-0.05, 0) is 60.7 Å². The molecule has 0 saturated heterocycles. The molecule has 0 unspecified atom stereocenters. The molecule has 0 radical (unpaired) electrons. The van der Waals surface area contributed by atoms with Crippen LogP contribution in [0.4, 0.5) is 0 Å². The third kappa shape index (κ3) is 6.50. The lowest BCUT2D eigenvalue weighted by molar-refractivity contribution is 0.239. The molecule has 0 fully saturated rings. The van der Waals surface area contributed by atoms with Crippen LogP contribution in [-0.2, 0) is 19.6 Å². The van der Waals surface area contributed by atoms with E-state index < -0.39 is 0 Å². The van der Waals surface area contributed by atoms with Crippen molar-refractivity contribution in [2.75, 3.05) is 28.4 Å².